The number of hydrogen-bond donors (Lipinski definition) is 9. The van der Waals surface area contributed by atoms with Crippen LogP contribution in [0.5, 0.6) is 0 Å². The van der Waals surface area contributed by atoms with Crippen molar-refractivity contribution in [2.75, 3.05) is 12.3 Å². The van der Waals surface area contributed by atoms with Crippen LogP contribution >= 0.6 is 7.60 Å². The molecule has 0 aromatic carbocycles. The number of H-pyrrole nitrogens is 1. The SMILES string of the molecule is NC(=O)C(c1nc(N)c(C2O[C@H](CO)[C@@H](O)[C@H]2O)[nH]1)C(C(N)=O)P(=O)(O)O. The van der Waals surface area contributed by atoms with Crippen molar-refractivity contribution in [1.29, 1.82) is 0 Å². The summed E-state index contributed by atoms with van der Waals surface area (Å²) in [5.74, 6) is -5.59. The number of aromatic amines is 1. The number of imidazole rings is 1. The number of aliphatic hydroxyl groups is 3. The van der Waals surface area contributed by atoms with Crippen LogP contribution in [0.15, 0.2) is 0 Å². The van der Waals surface area contributed by atoms with Crippen molar-refractivity contribution >= 4 is 25.2 Å². The van der Waals surface area contributed by atoms with Gasteiger partial charge in [-0.1, -0.05) is 0 Å². The summed E-state index contributed by atoms with van der Waals surface area (Å²) in [5.41, 5.74) is 13.4. The van der Waals surface area contributed by atoms with Gasteiger partial charge in [0.1, 0.15) is 42.0 Å². The number of nitrogens with two attached hydrogens (primary N) is 3. The van der Waals surface area contributed by atoms with E-state index < -0.39 is 67.8 Å². The maximum atomic E-state index is 11.8. The Morgan fingerprint density at radius 1 is 1.22 bits per heavy atom. The second-order valence-corrected chi connectivity index (χ2v) is 7.73. The lowest BCUT2D eigenvalue weighted by Crippen LogP contribution is -2.41. The molecule has 3 unspecified atom stereocenters. The number of rotatable bonds is 7. The van der Waals surface area contributed by atoms with Crippen molar-refractivity contribution in [3.8, 4) is 0 Å². The summed E-state index contributed by atoms with van der Waals surface area (Å²) in [4.78, 5) is 48.2. The molecule has 27 heavy (non-hydrogen) atoms. The molecule has 1 fully saturated rings. The highest BCUT2D eigenvalue weighted by Gasteiger charge is 2.48. The van der Waals surface area contributed by atoms with E-state index in [9.17, 15) is 34.2 Å². The van der Waals surface area contributed by atoms with E-state index in [0.29, 0.717) is 0 Å². The van der Waals surface area contributed by atoms with E-state index >= 15 is 0 Å². The third-order valence-electron chi connectivity index (χ3n) is 4.18. The Labute approximate surface area is 151 Å². The second kappa shape index (κ2) is 7.52. The van der Waals surface area contributed by atoms with Crippen LogP contribution in [0, 0.1) is 0 Å². The van der Waals surface area contributed by atoms with Crippen molar-refractivity contribution in [1.82, 2.24) is 9.97 Å². The topological polar surface area (TPSA) is 268 Å². The number of aliphatic hydroxyl groups excluding tert-OH is 3. The predicted octanol–water partition coefficient (Wildman–Crippen LogP) is -4.25. The highest BCUT2D eigenvalue weighted by Crippen LogP contribution is 2.48. The molecular formula is C12H20N5O9P. The monoisotopic (exact) mass is 409 g/mol. The van der Waals surface area contributed by atoms with Crippen LogP contribution in [-0.4, -0.2) is 77.5 Å². The Morgan fingerprint density at radius 2 is 1.81 bits per heavy atom. The molecule has 15 heteroatoms. The molecule has 1 aromatic rings. The number of carbonyl (C=O) groups is 2. The molecule has 0 saturated carbocycles. The van der Waals surface area contributed by atoms with E-state index in [1.54, 1.807) is 0 Å². The van der Waals surface area contributed by atoms with Gasteiger partial charge in [-0.15, -0.1) is 0 Å². The molecule has 2 amide bonds. The standard InChI is InChI=1S/C12H20N5O9P/c13-9-4(7-6(20)5(19)2(1-18)26-7)16-12(17-9)3(10(14)21)8(11(15)22)27(23,24)25/h2-3,5-8,18-20H,1,13H2,(H2,14,21)(H2,15,22)(H,16,17)(H2,23,24,25)/t2-,3?,5-,6-,7?,8?/m1/s1. The minimum Gasteiger partial charge on any atom is -0.394 e. The lowest BCUT2D eigenvalue weighted by Gasteiger charge is -2.21. The first kappa shape index (κ1) is 21.2. The first-order chi connectivity index (χ1) is 12.4. The van der Waals surface area contributed by atoms with Crippen LogP contribution < -0.4 is 17.2 Å². The number of carbonyl (C=O) groups excluding carboxylic acids is 2. The fourth-order valence-corrected chi connectivity index (χ4v) is 3.89. The summed E-state index contributed by atoms with van der Waals surface area (Å²) >= 11 is 0. The summed E-state index contributed by atoms with van der Waals surface area (Å²) in [5, 5.41) is 29.0. The van der Waals surface area contributed by atoms with Crippen molar-refractivity contribution in [3.05, 3.63) is 11.5 Å². The first-order valence-corrected chi connectivity index (χ1v) is 9.19. The Hall–Kier alpha value is -2.06. The molecule has 1 aliphatic rings. The number of nitrogens with one attached hydrogen (secondary N) is 1. The molecular weight excluding hydrogens is 389 g/mol. The normalized spacial score (nSPS) is 28.0. The second-order valence-electron chi connectivity index (χ2n) is 6.00. The number of nitrogens with zero attached hydrogens (tertiary/aromatic N) is 1. The van der Waals surface area contributed by atoms with Gasteiger partial charge < -0.3 is 52.0 Å². The van der Waals surface area contributed by atoms with E-state index in [1.807, 2.05) is 0 Å². The molecule has 0 aliphatic carbocycles. The van der Waals surface area contributed by atoms with Crippen LogP contribution in [0.2, 0.25) is 0 Å². The highest BCUT2D eigenvalue weighted by atomic mass is 31.2. The summed E-state index contributed by atoms with van der Waals surface area (Å²) < 4.78 is 16.9. The Morgan fingerprint density at radius 3 is 2.22 bits per heavy atom. The van der Waals surface area contributed by atoms with Crippen LogP contribution in [0.4, 0.5) is 5.82 Å². The number of ether oxygens (including phenoxy) is 1. The van der Waals surface area contributed by atoms with Crippen LogP contribution in [-0.2, 0) is 18.9 Å². The largest absolute Gasteiger partial charge is 0.394 e. The summed E-state index contributed by atoms with van der Waals surface area (Å²) in [6.07, 6.45) is -5.41. The first-order valence-electron chi connectivity index (χ1n) is 7.51. The summed E-state index contributed by atoms with van der Waals surface area (Å²) in [6, 6.07) is 0. The maximum Gasteiger partial charge on any atom is 0.339 e. The van der Waals surface area contributed by atoms with Gasteiger partial charge in [-0.25, -0.2) is 4.98 Å². The summed E-state index contributed by atoms with van der Waals surface area (Å²) in [6.45, 7) is -0.610. The third-order valence-corrected chi connectivity index (χ3v) is 5.45. The number of aromatic nitrogens is 2. The maximum absolute atomic E-state index is 11.8. The molecule has 152 valence electrons. The molecule has 0 bridgehead atoms. The van der Waals surface area contributed by atoms with Gasteiger partial charge in [0.05, 0.1) is 12.3 Å². The smallest absolute Gasteiger partial charge is 0.339 e. The zero-order valence-corrected chi connectivity index (χ0v) is 14.6. The van der Waals surface area contributed by atoms with E-state index in [2.05, 4.69) is 9.97 Å². The minimum atomic E-state index is -5.21. The van der Waals surface area contributed by atoms with Crippen molar-refractivity contribution < 1.29 is 44.0 Å². The van der Waals surface area contributed by atoms with Gasteiger partial charge in [0, 0.05) is 0 Å². The molecule has 1 saturated heterocycles. The van der Waals surface area contributed by atoms with Gasteiger partial charge in [0.2, 0.25) is 11.8 Å². The van der Waals surface area contributed by atoms with Gasteiger partial charge >= 0.3 is 7.60 Å². The van der Waals surface area contributed by atoms with E-state index in [1.165, 1.54) is 0 Å². The fourth-order valence-electron chi connectivity index (χ4n) is 2.89. The Kier molecular flexibility index (Phi) is 5.91. The lowest BCUT2D eigenvalue weighted by molar-refractivity contribution is -0.124. The van der Waals surface area contributed by atoms with Crippen LogP contribution in [0.1, 0.15) is 23.5 Å². The van der Waals surface area contributed by atoms with Gasteiger partial charge in [-0.05, 0) is 0 Å². The van der Waals surface area contributed by atoms with Crippen molar-refractivity contribution in [2.24, 2.45) is 11.5 Å². The molecule has 12 N–H and O–H groups in total. The van der Waals surface area contributed by atoms with Crippen molar-refractivity contribution in [2.45, 2.75) is 36.0 Å². The molecule has 6 atom stereocenters. The number of nitrogen functional groups attached to an aromatic ring is 1. The molecule has 2 rings (SSSR count). The summed E-state index contributed by atoms with van der Waals surface area (Å²) in [7, 11) is -5.21. The molecule has 1 aliphatic heterocycles. The van der Waals surface area contributed by atoms with E-state index in [0.717, 1.165) is 0 Å². The number of primary amides is 2. The zero-order valence-electron chi connectivity index (χ0n) is 13.7. The fraction of sp³-hybridized carbons (Fsp3) is 0.583. The number of hydrogen-bond acceptors (Lipinski definition) is 9. The predicted molar refractivity (Wildman–Crippen MR) is 86.7 cm³/mol. The van der Waals surface area contributed by atoms with Gasteiger partial charge in [-0.2, -0.15) is 0 Å². The minimum absolute atomic E-state index is 0.146. The Balaban J connectivity index is 2.47. The van der Waals surface area contributed by atoms with E-state index in [-0.39, 0.29) is 11.5 Å². The molecule has 0 radical (unpaired) electrons. The quantitative estimate of drug-likeness (QED) is 0.194. The molecule has 2 heterocycles. The van der Waals surface area contributed by atoms with Gasteiger partial charge in [0.25, 0.3) is 0 Å². The van der Waals surface area contributed by atoms with Crippen LogP contribution in [0.25, 0.3) is 0 Å². The third kappa shape index (κ3) is 3.96. The molecule has 0 spiro atoms. The average Bonchev–Trinajstić information content (AvgIpc) is 3.04. The van der Waals surface area contributed by atoms with Crippen molar-refractivity contribution in [3.63, 3.8) is 0 Å². The molecule has 1 aromatic heterocycles. The van der Waals surface area contributed by atoms with Gasteiger partial charge in [0.15, 0.2) is 5.66 Å². The zero-order chi connectivity index (χ0) is 20.7. The average molecular weight is 409 g/mol. The van der Waals surface area contributed by atoms with Crippen LogP contribution in [0.3, 0.4) is 0 Å². The Bertz CT molecular complexity index is 779. The van der Waals surface area contributed by atoms with E-state index in [4.69, 9.17) is 27.0 Å². The molecule has 14 nitrogen and oxygen atoms in total. The number of amides is 2. The van der Waals surface area contributed by atoms with Gasteiger partial charge in [-0.3, -0.25) is 14.2 Å². The lowest BCUT2D eigenvalue weighted by atomic mass is 10.0. The highest BCUT2D eigenvalue weighted by molar-refractivity contribution is 7.53. The number of anilines is 1.